The molecule has 2 aliphatic heterocycles. The molecule has 0 spiro atoms. The van der Waals surface area contributed by atoms with Crippen LogP contribution in [0.3, 0.4) is 0 Å². The maximum Gasteiger partial charge on any atom is 0.253 e. The highest BCUT2D eigenvalue weighted by atomic mass is 32.2. The number of pyridine rings is 1. The second-order valence-electron chi connectivity index (χ2n) is 8.74. The highest BCUT2D eigenvalue weighted by Crippen LogP contribution is 2.36. The number of primary amides is 1. The number of amides is 2. The molecule has 1 aromatic heterocycles. The summed E-state index contributed by atoms with van der Waals surface area (Å²) in [5.74, 6) is -0.831. The predicted octanol–water partition coefficient (Wildman–Crippen LogP) is 2.49. The van der Waals surface area contributed by atoms with Gasteiger partial charge in [-0.25, -0.2) is 8.42 Å². The van der Waals surface area contributed by atoms with E-state index in [0.717, 1.165) is 37.9 Å². The number of nitrogens with zero attached hydrogens (tertiary/aromatic N) is 2. The average Bonchev–Trinajstić information content (AvgIpc) is 2.84. The number of likely N-dealkylation sites (tertiary alicyclic amines) is 1. The first-order chi connectivity index (χ1) is 15.8. The highest BCUT2D eigenvalue weighted by molar-refractivity contribution is 7.93. The van der Waals surface area contributed by atoms with Crippen molar-refractivity contribution in [2.24, 2.45) is 5.73 Å². The van der Waals surface area contributed by atoms with Gasteiger partial charge in [0.15, 0.2) is 14.6 Å². The number of ether oxygens (including phenoxy) is 1. The van der Waals surface area contributed by atoms with Crippen LogP contribution in [0.1, 0.15) is 48.0 Å². The summed E-state index contributed by atoms with van der Waals surface area (Å²) >= 11 is 0. The van der Waals surface area contributed by atoms with Gasteiger partial charge in [-0.2, -0.15) is 0 Å². The zero-order valence-electron chi connectivity index (χ0n) is 18.7. The van der Waals surface area contributed by atoms with Crippen LogP contribution in [0.25, 0.3) is 11.3 Å². The molecule has 2 aromatic rings. The van der Waals surface area contributed by atoms with Gasteiger partial charge in [0, 0.05) is 43.6 Å². The molecule has 0 unspecified atom stereocenters. The van der Waals surface area contributed by atoms with E-state index in [4.69, 9.17) is 10.5 Å². The lowest BCUT2D eigenvalue weighted by atomic mass is 9.98. The van der Waals surface area contributed by atoms with Gasteiger partial charge in [0.1, 0.15) is 0 Å². The summed E-state index contributed by atoms with van der Waals surface area (Å²) in [5, 5.41) is 0. The molecule has 3 heterocycles. The number of benzene rings is 1. The first kappa shape index (κ1) is 23.4. The number of carbonyl (C=O) groups excluding carboxylic acids is 2. The molecular formula is C24H29N3O5S. The lowest BCUT2D eigenvalue weighted by molar-refractivity contribution is -0.122. The topological polar surface area (TPSA) is 120 Å². The zero-order chi connectivity index (χ0) is 23.6. The number of hydrogen-bond acceptors (Lipinski definition) is 6. The van der Waals surface area contributed by atoms with E-state index in [0.29, 0.717) is 16.8 Å². The first-order valence-electron chi connectivity index (χ1n) is 11.2. The van der Waals surface area contributed by atoms with E-state index in [1.54, 1.807) is 19.1 Å². The van der Waals surface area contributed by atoms with E-state index >= 15 is 0 Å². The Labute approximate surface area is 194 Å². The van der Waals surface area contributed by atoms with Crippen LogP contribution in [0.2, 0.25) is 0 Å². The van der Waals surface area contributed by atoms with Crippen molar-refractivity contribution in [3.05, 3.63) is 47.7 Å². The highest BCUT2D eigenvalue weighted by Gasteiger charge is 2.51. The van der Waals surface area contributed by atoms with E-state index in [-0.39, 0.29) is 36.9 Å². The number of nitrogens with two attached hydrogens (primary N) is 1. The molecule has 8 nitrogen and oxygen atoms in total. The molecule has 176 valence electrons. The summed E-state index contributed by atoms with van der Waals surface area (Å²) in [4.78, 5) is 31.2. The van der Waals surface area contributed by atoms with Crippen LogP contribution in [0, 0.1) is 6.92 Å². The second kappa shape index (κ2) is 9.23. The van der Waals surface area contributed by atoms with Crippen LogP contribution in [-0.4, -0.2) is 61.2 Å². The van der Waals surface area contributed by atoms with Crippen molar-refractivity contribution in [3.63, 3.8) is 0 Å². The molecule has 2 fully saturated rings. The third-order valence-corrected chi connectivity index (χ3v) is 9.16. The molecular weight excluding hydrogens is 442 g/mol. The van der Waals surface area contributed by atoms with Gasteiger partial charge in [0.25, 0.3) is 5.91 Å². The van der Waals surface area contributed by atoms with Gasteiger partial charge in [-0.1, -0.05) is 12.1 Å². The Kier molecular flexibility index (Phi) is 6.54. The molecule has 9 heteroatoms. The number of hydrogen-bond donors (Lipinski definition) is 1. The van der Waals surface area contributed by atoms with Crippen molar-refractivity contribution in [2.75, 3.05) is 26.3 Å². The fraction of sp³-hybridized carbons (Fsp3) is 0.458. The van der Waals surface area contributed by atoms with Crippen LogP contribution in [-0.2, 0) is 19.4 Å². The summed E-state index contributed by atoms with van der Waals surface area (Å²) in [6.07, 6.45) is 4.56. The Morgan fingerprint density at radius 1 is 1.06 bits per heavy atom. The Morgan fingerprint density at radius 3 is 2.27 bits per heavy atom. The van der Waals surface area contributed by atoms with E-state index in [1.165, 1.54) is 12.3 Å². The molecule has 1 aromatic carbocycles. The minimum Gasteiger partial charge on any atom is -0.381 e. The van der Waals surface area contributed by atoms with Gasteiger partial charge < -0.3 is 15.4 Å². The summed E-state index contributed by atoms with van der Waals surface area (Å²) in [6.45, 7) is 3.67. The number of sulfone groups is 1. The Hall–Kier alpha value is -2.78. The summed E-state index contributed by atoms with van der Waals surface area (Å²) in [5.41, 5.74) is 8.22. The van der Waals surface area contributed by atoms with E-state index in [1.807, 2.05) is 17.0 Å². The van der Waals surface area contributed by atoms with Crippen molar-refractivity contribution in [1.82, 2.24) is 9.88 Å². The average molecular weight is 472 g/mol. The summed E-state index contributed by atoms with van der Waals surface area (Å²) < 4.78 is 30.3. The van der Waals surface area contributed by atoms with Gasteiger partial charge in [-0.05, 0) is 62.8 Å². The fourth-order valence-electron chi connectivity index (χ4n) is 4.62. The lowest BCUT2D eigenvalue weighted by Crippen LogP contribution is -2.53. The van der Waals surface area contributed by atoms with E-state index < -0.39 is 20.5 Å². The summed E-state index contributed by atoms with van der Waals surface area (Å²) in [6, 6.07) is 8.74. The van der Waals surface area contributed by atoms with E-state index in [2.05, 4.69) is 4.98 Å². The van der Waals surface area contributed by atoms with Gasteiger partial charge >= 0.3 is 0 Å². The minimum absolute atomic E-state index is 0.0258. The number of aromatic nitrogens is 1. The fourth-order valence-corrected chi connectivity index (χ4v) is 6.57. The SMILES string of the molecule is Cc1cc(S(=O)(=O)C2(C(N)=O)CCOCC2)cnc1-c1ccc(C(=O)N2CCCCC2)cc1. The Bertz CT molecular complexity index is 1150. The largest absolute Gasteiger partial charge is 0.381 e. The van der Waals surface area contributed by atoms with Gasteiger partial charge in [-0.3, -0.25) is 14.6 Å². The van der Waals surface area contributed by atoms with Crippen molar-refractivity contribution >= 4 is 21.7 Å². The predicted molar refractivity (Wildman–Crippen MR) is 123 cm³/mol. The molecule has 2 aliphatic rings. The van der Waals surface area contributed by atoms with E-state index in [9.17, 15) is 18.0 Å². The van der Waals surface area contributed by atoms with Crippen LogP contribution in [0.5, 0.6) is 0 Å². The molecule has 0 radical (unpaired) electrons. The third kappa shape index (κ3) is 4.27. The van der Waals surface area contributed by atoms with Crippen molar-refractivity contribution in [3.8, 4) is 11.3 Å². The molecule has 0 atom stereocenters. The molecule has 2 amide bonds. The third-order valence-electron chi connectivity index (χ3n) is 6.68. The van der Waals surface area contributed by atoms with Gasteiger partial charge in [0.05, 0.1) is 10.6 Å². The van der Waals surface area contributed by atoms with Crippen molar-refractivity contribution < 1.29 is 22.7 Å². The van der Waals surface area contributed by atoms with Crippen LogP contribution in [0.4, 0.5) is 0 Å². The number of carbonyl (C=O) groups is 2. The molecule has 2 N–H and O–H groups in total. The zero-order valence-corrected chi connectivity index (χ0v) is 19.6. The Morgan fingerprint density at radius 2 is 1.70 bits per heavy atom. The number of rotatable bonds is 5. The molecule has 33 heavy (non-hydrogen) atoms. The molecule has 0 bridgehead atoms. The smallest absolute Gasteiger partial charge is 0.253 e. The standard InChI is InChI=1S/C24H29N3O5S/c1-17-15-20(33(30,31)24(23(25)29)9-13-32-14-10-24)16-26-21(17)18-5-7-19(8-6-18)22(28)27-11-3-2-4-12-27/h5-8,15-16H,2-4,9-14H2,1H3,(H2,25,29). The molecule has 0 aliphatic carbocycles. The molecule has 0 saturated carbocycles. The maximum atomic E-state index is 13.4. The second-order valence-corrected chi connectivity index (χ2v) is 11.0. The number of piperidine rings is 1. The van der Waals surface area contributed by atoms with Gasteiger partial charge in [-0.15, -0.1) is 0 Å². The Balaban J connectivity index is 1.60. The normalized spacial score (nSPS) is 18.6. The van der Waals surface area contributed by atoms with Crippen molar-refractivity contribution in [1.29, 1.82) is 0 Å². The maximum absolute atomic E-state index is 13.4. The monoisotopic (exact) mass is 471 g/mol. The lowest BCUT2D eigenvalue weighted by Gasteiger charge is -2.33. The quantitative estimate of drug-likeness (QED) is 0.715. The van der Waals surface area contributed by atoms with Gasteiger partial charge in [0.2, 0.25) is 5.91 Å². The first-order valence-corrected chi connectivity index (χ1v) is 12.7. The minimum atomic E-state index is -4.04. The molecule has 4 rings (SSSR count). The van der Waals surface area contributed by atoms with Crippen LogP contribution >= 0.6 is 0 Å². The number of aryl methyl sites for hydroxylation is 1. The summed E-state index contributed by atoms with van der Waals surface area (Å²) in [7, 11) is -4.04. The van der Waals surface area contributed by atoms with Crippen molar-refractivity contribution in [2.45, 2.75) is 48.7 Å². The molecule has 2 saturated heterocycles. The van der Waals surface area contributed by atoms with Crippen LogP contribution in [0.15, 0.2) is 41.4 Å². The van der Waals surface area contributed by atoms with Crippen LogP contribution < -0.4 is 5.73 Å².